The molecule has 0 radical (unpaired) electrons. The number of ketones is 2. The molecule has 0 saturated heterocycles. The minimum absolute atomic E-state index is 0. The van der Waals surface area contributed by atoms with E-state index in [4.69, 9.17) is 10.2 Å². The molecule has 0 spiro atoms. The van der Waals surface area contributed by atoms with Crippen LogP contribution in [0.15, 0.2) is 0 Å². The predicted molar refractivity (Wildman–Crippen MR) is 62.1 cm³/mol. The predicted octanol–water partition coefficient (Wildman–Crippen LogP) is -4.87. The SMILES string of the molecule is CCC(=O)CC(CC(=O)C(C)CC(=O)O)C(=O)O.[Na+].[Na+]. The number of carbonyl (C=O) groups excluding carboxylic acids is 2. The van der Waals surface area contributed by atoms with Gasteiger partial charge >= 0.3 is 71.1 Å². The van der Waals surface area contributed by atoms with Crippen LogP contribution in [0.2, 0.25) is 0 Å². The normalized spacial score (nSPS) is 12.3. The maximum absolute atomic E-state index is 11.6. The fourth-order valence-electron chi connectivity index (χ4n) is 1.49. The molecule has 102 valence electrons. The van der Waals surface area contributed by atoms with Crippen LogP contribution in [-0.2, 0) is 19.2 Å². The van der Waals surface area contributed by atoms with Crippen LogP contribution in [0, 0.1) is 11.8 Å². The summed E-state index contributed by atoms with van der Waals surface area (Å²) in [4.78, 5) is 44.2. The number of hydrogen-bond acceptors (Lipinski definition) is 4. The molecule has 0 aromatic carbocycles. The van der Waals surface area contributed by atoms with Crippen LogP contribution in [0.5, 0.6) is 0 Å². The quantitative estimate of drug-likeness (QED) is 0.414. The summed E-state index contributed by atoms with van der Waals surface area (Å²) in [5.74, 6) is -4.75. The van der Waals surface area contributed by atoms with E-state index in [0.29, 0.717) is 0 Å². The van der Waals surface area contributed by atoms with Gasteiger partial charge in [0.15, 0.2) is 0 Å². The average molecular weight is 304 g/mol. The molecule has 0 aliphatic carbocycles. The molecule has 0 aromatic rings. The number of rotatable bonds is 9. The van der Waals surface area contributed by atoms with Crippen molar-refractivity contribution in [2.24, 2.45) is 11.8 Å². The van der Waals surface area contributed by atoms with Crippen molar-refractivity contribution in [3.05, 3.63) is 0 Å². The van der Waals surface area contributed by atoms with Gasteiger partial charge in [0, 0.05) is 25.2 Å². The zero-order chi connectivity index (χ0) is 14.3. The molecule has 6 nitrogen and oxygen atoms in total. The van der Waals surface area contributed by atoms with Gasteiger partial charge < -0.3 is 10.2 Å². The zero-order valence-corrected chi connectivity index (χ0v) is 16.5. The average Bonchev–Trinajstić information content (AvgIpc) is 2.26. The number of carbonyl (C=O) groups is 4. The third-order valence-corrected chi connectivity index (χ3v) is 2.70. The van der Waals surface area contributed by atoms with E-state index < -0.39 is 29.6 Å². The molecule has 0 aliphatic rings. The van der Waals surface area contributed by atoms with Crippen molar-refractivity contribution in [1.29, 1.82) is 0 Å². The van der Waals surface area contributed by atoms with E-state index in [1.165, 1.54) is 6.92 Å². The molecular formula is C12H18Na2O6+2. The summed E-state index contributed by atoms with van der Waals surface area (Å²) in [7, 11) is 0. The van der Waals surface area contributed by atoms with Gasteiger partial charge in [-0.25, -0.2) is 0 Å². The molecule has 0 fully saturated rings. The van der Waals surface area contributed by atoms with Crippen LogP contribution in [0.3, 0.4) is 0 Å². The van der Waals surface area contributed by atoms with Gasteiger partial charge in [0.1, 0.15) is 11.6 Å². The monoisotopic (exact) mass is 304 g/mol. The Hall–Kier alpha value is 0.280. The van der Waals surface area contributed by atoms with Crippen LogP contribution in [0.1, 0.15) is 39.5 Å². The first-order valence-corrected chi connectivity index (χ1v) is 5.76. The Kier molecular flexibility index (Phi) is 16.4. The summed E-state index contributed by atoms with van der Waals surface area (Å²) < 4.78 is 0. The van der Waals surface area contributed by atoms with Gasteiger partial charge in [-0.2, -0.15) is 0 Å². The first-order valence-electron chi connectivity index (χ1n) is 5.76. The number of carboxylic acids is 2. The summed E-state index contributed by atoms with van der Waals surface area (Å²) in [5.41, 5.74) is 0. The third kappa shape index (κ3) is 11.0. The van der Waals surface area contributed by atoms with Crippen LogP contribution in [0.25, 0.3) is 0 Å². The Balaban J connectivity index is -0.00000144. The molecule has 0 bridgehead atoms. The molecule has 0 rings (SSSR count). The largest absolute Gasteiger partial charge is 1.00 e. The van der Waals surface area contributed by atoms with Gasteiger partial charge in [0.2, 0.25) is 0 Å². The van der Waals surface area contributed by atoms with Crippen molar-refractivity contribution < 1.29 is 88.5 Å². The number of aliphatic carboxylic acids is 2. The molecule has 2 atom stereocenters. The summed E-state index contributed by atoms with van der Waals surface area (Å²) in [5, 5.41) is 17.4. The molecule has 0 amide bonds. The molecule has 8 heteroatoms. The summed E-state index contributed by atoms with van der Waals surface area (Å²) in [6, 6.07) is 0. The zero-order valence-electron chi connectivity index (χ0n) is 12.5. The number of carboxylic acid groups (broad SMARTS) is 2. The molecule has 0 saturated carbocycles. The first kappa shape index (κ1) is 25.2. The Morgan fingerprint density at radius 1 is 0.950 bits per heavy atom. The Bertz CT molecular complexity index is 356. The molecular weight excluding hydrogens is 286 g/mol. The van der Waals surface area contributed by atoms with Gasteiger partial charge in [-0.15, -0.1) is 0 Å². The Labute approximate surface area is 162 Å². The second kappa shape index (κ2) is 13.0. The molecule has 0 aromatic heterocycles. The first-order chi connectivity index (χ1) is 8.27. The van der Waals surface area contributed by atoms with E-state index in [9.17, 15) is 19.2 Å². The fraction of sp³-hybridized carbons (Fsp3) is 0.667. The maximum Gasteiger partial charge on any atom is 1.00 e. The summed E-state index contributed by atoms with van der Waals surface area (Å²) >= 11 is 0. The van der Waals surface area contributed by atoms with Crippen molar-refractivity contribution in [2.75, 3.05) is 0 Å². The van der Waals surface area contributed by atoms with Gasteiger partial charge in [0.25, 0.3) is 0 Å². The van der Waals surface area contributed by atoms with E-state index in [2.05, 4.69) is 0 Å². The number of Topliss-reactive ketones (excluding diaryl/α,β-unsaturated/α-hetero) is 2. The van der Waals surface area contributed by atoms with Crippen LogP contribution >= 0.6 is 0 Å². The molecule has 2 N–H and O–H groups in total. The topological polar surface area (TPSA) is 109 Å². The molecule has 0 heterocycles. The van der Waals surface area contributed by atoms with Crippen LogP contribution in [-0.4, -0.2) is 33.7 Å². The van der Waals surface area contributed by atoms with Crippen molar-refractivity contribution in [2.45, 2.75) is 39.5 Å². The summed E-state index contributed by atoms with van der Waals surface area (Å²) in [6.07, 6.45) is -0.581. The van der Waals surface area contributed by atoms with Crippen molar-refractivity contribution in [1.82, 2.24) is 0 Å². The van der Waals surface area contributed by atoms with Gasteiger partial charge in [-0.3, -0.25) is 19.2 Å². The van der Waals surface area contributed by atoms with Gasteiger partial charge in [-0.05, 0) is 0 Å². The van der Waals surface area contributed by atoms with Crippen molar-refractivity contribution in [3.8, 4) is 0 Å². The smallest absolute Gasteiger partial charge is 0.481 e. The minimum atomic E-state index is -1.20. The summed E-state index contributed by atoms with van der Waals surface area (Å²) in [6.45, 7) is 3.06. The third-order valence-electron chi connectivity index (χ3n) is 2.70. The molecule has 0 aliphatic heterocycles. The van der Waals surface area contributed by atoms with E-state index in [1.807, 2.05) is 0 Å². The van der Waals surface area contributed by atoms with Crippen molar-refractivity contribution >= 4 is 23.5 Å². The Morgan fingerprint density at radius 3 is 1.80 bits per heavy atom. The second-order valence-electron chi connectivity index (χ2n) is 4.30. The Morgan fingerprint density at radius 2 is 1.45 bits per heavy atom. The van der Waals surface area contributed by atoms with Gasteiger partial charge in [0.05, 0.1) is 12.3 Å². The van der Waals surface area contributed by atoms with Crippen molar-refractivity contribution in [3.63, 3.8) is 0 Å². The van der Waals surface area contributed by atoms with E-state index >= 15 is 0 Å². The maximum atomic E-state index is 11.6. The second-order valence-corrected chi connectivity index (χ2v) is 4.30. The van der Waals surface area contributed by atoms with E-state index in [1.54, 1.807) is 6.92 Å². The molecule has 20 heavy (non-hydrogen) atoms. The minimum Gasteiger partial charge on any atom is -0.481 e. The molecule has 2 unspecified atom stereocenters. The van der Waals surface area contributed by atoms with E-state index in [-0.39, 0.29) is 90.6 Å². The van der Waals surface area contributed by atoms with Crippen LogP contribution in [0.4, 0.5) is 0 Å². The van der Waals surface area contributed by atoms with E-state index in [0.717, 1.165) is 0 Å². The van der Waals surface area contributed by atoms with Crippen LogP contribution < -0.4 is 59.1 Å². The fourth-order valence-corrected chi connectivity index (χ4v) is 1.49. The number of hydrogen-bond donors (Lipinski definition) is 2. The van der Waals surface area contributed by atoms with Gasteiger partial charge in [-0.1, -0.05) is 13.8 Å². The standard InChI is InChI=1S/C12H18O6.2Na/c1-3-9(13)5-8(12(17)18)6-10(14)7(2)4-11(15)16;;/h7-8H,3-6H2,1-2H3,(H,15,16)(H,17,18);;/q;2*+1.